The average molecular weight is 352 g/mol. The Balaban J connectivity index is 1.79. The summed E-state index contributed by atoms with van der Waals surface area (Å²) in [6.45, 7) is 0.986. The first-order valence-electron chi connectivity index (χ1n) is 8.03. The van der Waals surface area contributed by atoms with Gasteiger partial charge in [0.15, 0.2) is 0 Å². The second-order valence-electron chi connectivity index (χ2n) is 6.18. The molecule has 1 N–H and O–H groups in total. The third-order valence-corrected chi connectivity index (χ3v) is 6.47. The highest BCUT2D eigenvalue weighted by atomic mass is 32.2. The van der Waals surface area contributed by atoms with Crippen molar-refractivity contribution in [2.24, 2.45) is 5.92 Å². The number of aliphatic carboxylic acids is 1. The molecule has 0 bridgehead atoms. The average Bonchev–Trinajstić information content (AvgIpc) is 3.01. The lowest BCUT2D eigenvalue weighted by atomic mass is 10.0. The van der Waals surface area contributed by atoms with Gasteiger partial charge in [-0.15, -0.1) is 0 Å². The minimum Gasteiger partial charge on any atom is -0.481 e. The third-order valence-electron chi connectivity index (χ3n) is 4.59. The van der Waals surface area contributed by atoms with E-state index in [1.165, 1.54) is 16.4 Å². The minimum absolute atomic E-state index is 0.00400. The first-order valence-corrected chi connectivity index (χ1v) is 9.47. The van der Waals surface area contributed by atoms with E-state index in [9.17, 15) is 18.0 Å². The Morgan fingerprint density at radius 2 is 1.83 bits per heavy atom. The molecule has 1 aromatic rings. The number of piperidine rings is 1. The molecular formula is C16H20N2O5S. The van der Waals surface area contributed by atoms with Gasteiger partial charge in [0.25, 0.3) is 0 Å². The van der Waals surface area contributed by atoms with Crippen LogP contribution in [-0.2, 0) is 19.6 Å². The van der Waals surface area contributed by atoms with Crippen LogP contribution in [0.3, 0.4) is 0 Å². The predicted molar refractivity (Wildman–Crippen MR) is 87.1 cm³/mol. The van der Waals surface area contributed by atoms with Gasteiger partial charge in [0.05, 0.1) is 10.8 Å². The molecule has 2 heterocycles. The number of benzene rings is 1. The SMILES string of the molecule is O=C(O)[C@H]1CCCN(S(=O)(=O)c2ccc(N3CCCC3=O)cc2)C1. The molecule has 2 fully saturated rings. The van der Waals surface area contributed by atoms with E-state index in [1.54, 1.807) is 17.0 Å². The van der Waals surface area contributed by atoms with Gasteiger partial charge in [-0.05, 0) is 43.5 Å². The number of rotatable bonds is 4. The van der Waals surface area contributed by atoms with E-state index in [2.05, 4.69) is 0 Å². The summed E-state index contributed by atoms with van der Waals surface area (Å²) in [6.07, 6.45) is 2.36. The quantitative estimate of drug-likeness (QED) is 0.881. The number of sulfonamides is 1. The summed E-state index contributed by atoms with van der Waals surface area (Å²) in [6, 6.07) is 6.24. The van der Waals surface area contributed by atoms with Gasteiger partial charge in [0.1, 0.15) is 0 Å². The van der Waals surface area contributed by atoms with Crippen molar-refractivity contribution >= 4 is 27.6 Å². The molecule has 0 aromatic heterocycles. The van der Waals surface area contributed by atoms with Crippen LogP contribution >= 0.6 is 0 Å². The van der Waals surface area contributed by atoms with Crippen LogP contribution in [0.2, 0.25) is 0 Å². The van der Waals surface area contributed by atoms with E-state index in [4.69, 9.17) is 5.11 Å². The van der Waals surface area contributed by atoms with Crippen LogP contribution < -0.4 is 4.90 Å². The summed E-state index contributed by atoms with van der Waals surface area (Å²) in [7, 11) is -3.72. The van der Waals surface area contributed by atoms with Crippen LogP contribution in [0.15, 0.2) is 29.2 Å². The second kappa shape index (κ2) is 6.52. The van der Waals surface area contributed by atoms with Gasteiger partial charge < -0.3 is 10.0 Å². The van der Waals surface area contributed by atoms with Crippen LogP contribution in [0.4, 0.5) is 5.69 Å². The van der Waals surface area contributed by atoms with Crippen LogP contribution in [-0.4, -0.2) is 49.3 Å². The Morgan fingerprint density at radius 3 is 2.42 bits per heavy atom. The molecule has 2 saturated heterocycles. The second-order valence-corrected chi connectivity index (χ2v) is 8.12. The molecule has 0 saturated carbocycles. The zero-order valence-corrected chi connectivity index (χ0v) is 14.0. The van der Waals surface area contributed by atoms with Crippen molar-refractivity contribution in [1.82, 2.24) is 4.31 Å². The molecule has 3 rings (SSSR count). The molecule has 0 unspecified atom stereocenters. The van der Waals surface area contributed by atoms with Crippen molar-refractivity contribution in [1.29, 1.82) is 0 Å². The largest absolute Gasteiger partial charge is 0.481 e. The van der Waals surface area contributed by atoms with Crippen LogP contribution in [0, 0.1) is 5.92 Å². The predicted octanol–water partition coefficient (Wildman–Crippen LogP) is 1.30. The van der Waals surface area contributed by atoms with Crippen molar-refractivity contribution in [3.63, 3.8) is 0 Å². The number of carboxylic acid groups (broad SMARTS) is 1. The first-order chi connectivity index (χ1) is 11.4. The highest BCUT2D eigenvalue weighted by Crippen LogP contribution is 2.27. The maximum atomic E-state index is 12.7. The summed E-state index contributed by atoms with van der Waals surface area (Å²) in [5.41, 5.74) is 0.693. The molecule has 0 aliphatic carbocycles. The zero-order chi connectivity index (χ0) is 17.3. The molecule has 2 aliphatic heterocycles. The molecule has 1 amide bonds. The molecule has 24 heavy (non-hydrogen) atoms. The third kappa shape index (κ3) is 3.16. The summed E-state index contributed by atoms with van der Waals surface area (Å²) in [4.78, 5) is 24.7. The molecule has 1 aromatic carbocycles. The fraction of sp³-hybridized carbons (Fsp3) is 0.500. The minimum atomic E-state index is -3.72. The normalized spacial score (nSPS) is 22.8. The van der Waals surface area contributed by atoms with Crippen molar-refractivity contribution in [3.05, 3.63) is 24.3 Å². The molecule has 8 heteroatoms. The lowest BCUT2D eigenvalue weighted by Gasteiger charge is -2.30. The van der Waals surface area contributed by atoms with Crippen LogP contribution in [0.25, 0.3) is 0 Å². The van der Waals surface area contributed by atoms with Gasteiger partial charge in [-0.1, -0.05) is 0 Å². The van der Waals surface area contributed by atoms with Gasteiger partial charge in [0, 0.05) is 31.7 Å². The zero-order valence-electron chi connectivity index (χ0n) is 13.2. The van der Waals surface area contributed by atoms with Gasteiger partial charge in [-0.25, -0.2) is 8.42 Å². The lowest BCUT2D eigenvalue weighted by molar-refractivity contribution is -0.142. The van der Waals surface area contributed by atoms with E-state index >= 15 is 0 Å². The van der Waals surface area contributed by atoms with Crippen molar-refractivity contribution in [2.75, 3.05) is 24.5 Å². The summed E-state index contributed by atoms with van der Waals surface area (Å²) >= 11 is 0. The highest BCUT2D eigenvalue weighted by molar-refractivity contribution is 7.89. The fourth-order valence-electron chi connectivity index (χ4n) is 3.23. The van der Waals surface area contributed by atoms with E-state index in [1.807, 2.05) is 0 Å². The monoisotopic (exact) mass is 352 g/mol. The topological polar surface area (TPSA) is 95.0 Å². The smallest absolute Gasteiger partial charge is 0.307 e. The molecular weight excluding hydrogens is 332 g/mol. The van der Waals surface area contributed by atoms with Crippen molar-refractivity contribution in [2.45, 2.75) is 30.6 Å². The number of anilines is 1. The molecule has 130 valence electrons. The summed E-state index contributed by atoms with van der Waals surface area (Å²) in [5.74, 6) is -1.57. The maximum Gasteiger partial charge on any atom is 0.307 e. The molecule has 1 atom stereocenters. The van der Waals surface area contributed by atoms with Gasteiger partial charge in [0.2, 0.25) is 15.9 Å². The Labute approximate surface area is 140 Å². The van der Waals surface area contributed by atoms with Crippen molar-refractivity contribution in [3.8, 4) is 0 Å². The Kier molecular flexibility index (Phi) is 4.60. The molecule has 0 spiro atoms. The number of carbonyl (C=O) groups is 2. The summed E-state index contributed by atoms with van der Waals surface area (Å²) in [5, 5.41) is 9.12. The first kappa shape index (κ1) is 16.9. The summed E-state index contributed by atoms with van der Waals surface area (Å²) < 4.78 is 26.7. The van der Waals surface area contributed by atoms with E-state index in [-0.39, 0.29) is 17.3 Å². The van der Waals surface area contributed by atoms with Crippen molar-refractivity contribution < 1.29 is 23.1 Å². The highest BCUT2D eigenvalue weighted by Gasteiger charge is 2.33. The number of hydrogen-bond donors (Lipinski definition) is 1. The molecule has 2 aliphatic rings. The van der Waals surface area contributed by atoms with Gasteiger partial charge in [-0.2, -0.15) is 4.31 Å². The number of carbonyl (C=O) groups excluding carboxylic acids is 1. The standard InChI is InChI=1S/C16H20N2O5S/c19-15-4-2-10-18(15)13-5-7-14(8-6-13)24(22,23)17-9-1-3-12(11-17)16(20)21/h5-8,12H,1-4,9-11H2,(H,20,21)/t12-/m0/s1. The Hall–Kier alpha value is -1.93. The van der Waals surface area contributed by atoms with Gasteiger partial charge >= 0.3 is 5.97 Å². The van der Waals surface area contributed by atoms with E-state index < -0.39 is 21.9 Å². The Morgan fingerprint density at radius 1 is 1.12 bits per heavy atom. The number of carboxylic acids is 1. The number of amides is 1. The van der Waals surface area contributed by atoms with E-state index in [0.29, 0.717) is 38.0 Å². The molecule has 7 nitrogen and oxygen atoms in total. The maximum absolute atomic E-state index is 12.7. The van der Waals surface area contributed by atoms with E-state index in [0.717, 1.165) is 6.42 Å². The van der Waals surface area contributed by atoms with Crippen LogP contribution in [0.1, 0.15) is 25.7 Å². The molecule has 0 radical (unpaired) electrons. The van der Waals surface area contributed by atoms with Gasteiger partial charge in [-0.3, -0.25) is 9.59 Å². The number of hydrogen-bond acceptors (Lipinski definition) is 4. The lowest BCUT2D eigenvalue weighted by Crippen LogP contribution is -2.42. The van der Waals surface area contributed by atoms with Crippen LogP contribution in [0.5, 0.6) is 0 Å². The fourth-order valence-corrected chi connectivity index (χ4v) is 4.75. The number of nitrogens with zero attached hydrogens (tertiary/aromatic N) is 2. The Bertz CT molecular complexity index is 744.